The van der Waals surface area contributed by atoms with Crippen molar-refractivity contribution >= 4 is 17.2 Å². The third-order valence-corrected chi connectivity index (χ3v) is 4.92. The zero-order valence-corrected chi connectivity index (χ0v) is 11.6. The van der Waals surface area contributed by atoms with E-state index in [1.54, 1.807) is 11.3 Å². The molecule has 1 atom stereocenters. The summed E-state index contributed by atoms with van der Waals surface area (Å²) < 4.78 is 0. The molecule has 1 unspecified atom stereocenters. The molecule has 2 heterocycles. The fourth-order valence-electron chi connectivity index (χ4n) is 2.64. The van der Waals surface area contributed by atoms with E-state index in [4.69, 9.17) is 11.5 Å². The molecule has 5 heteroatoms. The van der Waals surface area contributed by atoms with Crippen LogP contribution in [-0.2, 0) is 4.79 Å². The van der Waals surface area contributed by atoms with E-state index >= 15 is 0 Å². The highest BCUT2D eigenvalue weighted by atomic mass is 32.1. The number of amides is 1. The lowest BCUT2D eigenvalue weighted by Crippen LogP contribution is -2.42. The maximum Gasteiger partial charge on any atom is 0.220 e. The number of carbonyl (C=O) groups is 1. The smallest absolute Gasteiger partial charge is 0.220 e. The molecule has 4 N–H and O–H groups in total. The third-order valence-electron chi connectivity index (χ3n) is 3.80. The van der Waals surface area contributed by atoms with Gasteiger partial charge in [-0.15, -0.1) is 11.3 Å². The SMILES string of the molecule is Cc1ccsc1C(CN)N1CCC(C(N)=O)CC1. The highest BCUT2D eigenvalue weighted by molar-refractivity contribution is 7.10. The monoisotopic (exact) mass is 267 g/mol. The van der Waals surface area contributed by atoms with Gasteiger partial charge in [-0.05, 0) is 49.9 Å². The lowest BCUT2D eigenvalue weighted by molar-refractivity contribution is -0.123. The summed E-state index contributed by atoms with van der Waals surface area (Å²) in [6.45, 7) is 4.58. The molecule has 0 bridgehead atoms. The molecule has 4 nitrogen and oxygen atoms in total. The molecule has 0 aromatic carbocycles. The summed E-state index contributed by atoms with van der Waals surface area (Å²) in [6.07, 6.45) is 1.71. The zero-order valence-electron chi connectivity index (χ0n) is 10.8. The summed E-state index contributed by atoms with van der Waals surface area (Å²) in [4.78, 5) is 14.9. The molecule has 1 amide bonds. The lowest BCUT2D eigenvalue weighted by Gasteiger charge is -2.36. The van der Waals surface area contributed by atoms with Crippen LogP contribution < -0.4 is 11.5 Å². The molecule has 0 spiro atoms. The maximum absolute atomic E-state index is 11.2. The first-order valence-electron chi connectivity index (χ1n) is 6.41. The minimum absolute atomic E-state index is 0.0455. The summed E-state index contributed by atoms with van der Waals surface area (Å²) in [5, 5.41) is 2.11. The predicted octanol–water partition coefficient (Wildman–Crippen LogP) is 1.25. The lowest BCUT2D eigenvalue weighted by atomic mass is 9.94. The second kappa shape index (κ2) is 5.82. The van der Waals surface area contributed by atoms with Crippen molar-refractivity contribution in [3.05, 3.63) is 21.9 Å². The number of hydrogen-bond donors (Lipinski definition) is 2. The van der Waals surface area contributed by atoms with Crippen LogP contribution in [0.1, 0.15) is 29.3 Å². The zero-order chi connectivity index (χ0) is 13.1. The van der Waals surface area contributed by atoms with E-state index in [1.807, 2.05) is 0 Å². The van der Waals surface area contributed by atoms with Crippen molar-refractivity contribution in [2.45, 2.75) is 25.8 Å². The Morgan fingerprint density at radius 1 is 1.56 bits per heavy atom. The Hall–Kier alpha value is -0.910. The topological polar surface area (TPSA) is 72.3 Å². The number of nitrogens with zero attached hydrogens (tertiary/aromatic N) is 1. The molecule has 1 aliphatic heterocycles. The average Bonchev–Trinajstić information content (AvgIpc) is 2.78. The van der Waals surface area contributed by atoms with Crippen LogP contribution in [0.5, 0.6) is 0 Å². The number of piperidine rings is 1. The summed E-state index contributed by atoms with van der Waals surface area (Å²) >= 11 is 1.77. The van der Waals surface area contributed by atoms with Gasteiger partial charge in [0.15, 0.2) is 0 Å². The molecule has 2 rings (SSSR count). The minimum atomic E-state index is -0.161. The Morgan fingerprint density at radius 3 is 2.67 bits per heavy atom. The van der Waals surface area contributed by atoms with Crippen molar-refractivity contribution in [2.75, 3.05) is 19.6 Å². The Morgan fingerprint density at radius 2 is 2.22 bits per heavy atom. The summed E-state index contributed by atoms with van der Waals surface area (Å²) in [6, 6.07) is 2.43. The van der Waals surface area contributed by atoms with Crippen molar-refractivity contribution in [1.29, 1.82) is 0 Å². The number of primary amides is 1. The molecule has 1 fully saturated rings. The van der Waals surface area contributed by atoms with E-state index in [0.717, 1.165) is 25.9 Å². The molecule has 1 saturated heterocycles. The van der Waals surface area contributed by atoms with Crippen LogP contribution in [0.4, 0.5) is 0 Å². The van der Waals surface area contributed by atoms with Crippen molar-refractivity contribution < 1.29 is 4.79 Å². The molecule has 0 saturated carbocycles. The molecule has 1 aromatic rings. The molecule has 100 valence electrons. The molecular weight excluding hydrogens is 246 g/mol. The third kappa shape index (κ3) is 2.74. The number of thiophene rings is 1. The van der Waals surface area contributed by atoms with Gasteiger partial charge in [-0.25, -0.2) is 0 Å². The van der Waals surface area contributed by atoms with E-state index in [2.05, 4.69) is 23.3 Å². The minimum Gasteiger partial charge on any atom is -0.369 e. The molecule has 18 heavy (non-hydrogen) atoms. The number of aryl methyl sites for hydroxylation is 1. The second-order valence-electron chi connectivity index (χ2n) is 4.93. The standard InChI is InChI=1S/C13H21N3OS/c1-9-4-7-18-12(9)11(8-14)16-5-2-10(3-6-16)13(15)17/h4,7,10-11H,2-3,5-6,8,14H2,1H3,(H2,15,17). The van der Waals surface area contributed by atoms with Gasteiger partial charge >= 0.3 is 0 Å². The predicted molar refractivity (Wildman–Crippen MR) is 74.3 cm³/mol. The van der Waals surface area contributed by atoms with E-state index in [1.165, 1.54) is 10.4 Å². The van der Waals surface area contributed by atoms with Gasteiger partial charge in [0.05, 0.1) is 6.04 Å². The normalized spacial score (nSPS) is 19.9. The number of carbonyl (C=O) groups excluding carboxylic acids is 1. The van der Waals surface area contributed by atoms with E-state index in [0.29, 0.717) is 12.6 Å². The molecule has 1 aliphatic rings. The van der Waals surface area contributed by atoms with Crippen molar-refractivity contribution in [3.63, 3.8) is 0 Å². The average molecular weight is 267 g/mol. The van der Waals surface area contributed by atoms with E-state index < -0.39 is 0 Å². The highest BCUT2D eigenvalue weighted by Gasteiger charge is 2.28. The first kappa shape index (κ1) is 13.5. The fraction of sp³-hybridized carbons (Fsp3) is 0.615. The van der Waals surface area contributed by atoms with Crippen LogP contribution in [0.3, 0.4) is 0 Å². The molecule has 1 aromatic heterocycles. The number of nitrogens with two attached hydrogens (primary N) is 2. The van der Waals surface area contributed by atoms with Gasteiger partial charge in [0.2, 0.25) is 5.91 Å². The molecule has 0 radical (unpaired) electrons. The van der Waals surface area contributed by atoms with Crippen molar-refractivity contribution in [2.24, 2.45) is 17.4 Å². The Labute approximate surface area is 112 Å². The van der Waals surface area contributed by atoms with Gasteiger partial charge in [-0.3, -0.25) is 9.69 Å². The van der Waals surface area contributed by atoms with Crippen LogP contribution in [0.2, 0.25) is 0 Å². The quantitative estimate of drug-likeness (QED) is 0.862. The Balaban J connectivity index is 2.03. The van der Waals surface area contributed by atoms with E-state index in [-0.39, 0.29) is 11.8 Å². The number of hydrogen-bond acceptors (Lipinski definition) is 4. The van der Waals surface area contributed by atoms with Gasteiger partial charge < -0.3 is 11.5 Å². The first-order chi connectivity index (χ1) is 8.63. The summed E-state index contributed by atoms with van der Waals surface area (Å²) in [7, 11) is 0. The van der Waals surface area contributed by atoms with Crippen LogP contribution >= 0.6 is 11.3 Å². The van der Waals surface area contributed by atoms with Crippen LogP contribution in [0.25, 0.3) is 0 Å². The van der Waals surface area contributed by atoms with Crippen LogP contribution in [0.15, 0.2) is 11.4 Å². The number of rotatable bonds is 4. The highest BCUT2D eigenvalue weighted by Crippen LogP contribution is 2.31. The summed E-state index contributed by atoms with van der Waals surface area (Å²) in [5.41, 5.74) is 12.6. The maximum atomic E-state index is 11.2. The Kier molecular flexibility index (Phi) is 4.37. The van der Waals surface area contributed by atoms with E-state index in [9.17, 15) is 4.79 Å². The van der Waals surface area contributed by atoms with Gasteiger partial charge in [-0.2, -0.15) is 0 Å². The fourth-order valence-corrected chi connectivity index (χ4v) is 3.72. The number of likely N-dealkylation sites (tertiary alicyclic amines) is 1. The van der Waals surface area contributed by atoms with Gasteiger partial charge in [0.25, 0.3) is 0 Å². The Bertz CT molecular complexity index is 410. The van der Waals surface area contributed by atoms with Gasteiger partial charge in [0.1, 0.15) is 0 Å². The summed E-state index contributed by atoms with van der Waals surface area (Å²) in [5.74, 6) is -0.115. The molecular formula is C13H21N3OS. The largest absolute Gasteiger partial charge is 0.369 e. The van der Waals surface area contributed by atoms with Crippen LogP contribution in [0, 0.1) is 12.8 Å². The van der Waals surface area contributed by atoms with Gasteiger partial charge in [-0.1, -0.05) is 0 Å². The first-order valence-corrected chi connectivity index (χ1v) is 7.29. The van der Waals surface area contributed by atoms with Crippen molar-refractivity contribution in [3.8, 4) is 0 Å². The van der Waals surface area contributed by atoms with Crippen molar-refractivity contribution in [1.82, 2.24) is 4.90 Å². The second-order valence-corrected chi connectivity index (χ2v) is 5.88. The van der Waals surface area contributed by atoms with Crippen LogP contribution in [-0.4, -0.2) is 30.4 Å². The molecule has 0 aliphatic carbocycles. The van der Waals surface area contributed by atoms with Gasteiger partial charge in [0, 0.05) is 17.3 Å².